The maximum absolute atomic E-state index is 12.7. The fourth-order valence-corrected chi connectivity index (χ4v) is 3.03. The third-order valence-electron chi connectivity index (χ3n) is 4.22. The topological polar surface area (TPSA) is 89.9 Å². The first-order valence-corrected chi connectivity index (χ1v) is 8.02. The van der Waals surface area contributed by atoms with Crippen molar-refractivity contribution < 1.29 is 4.79 Å². The van der Waals surface area contributed by atoms with Gasteiger partial charge in [-0.2, -0.15) is 0 Å². The lowest BCUT2D eigenvalue weighted by Crippen LogP contribution is -2.51. The predicted octanol–water partition coefficient (Wildman–Crippen LogP) is 1.06. The highest BCUT2D eigenvalue weighted by molar-refractivity contribution is 5.92. The van der Waals surface area contributed by atoms with E-state index in [4.69, 9.17) is 5.73 Å². The second-order valence-corrected chi connectivity index (χ2v) is 6.04. The van der Waals surface area contributed by atoms with Gasteiger partial charge in [0.05, 0.1) is 18.4 Å². The number of pyridine rings is 1. The molecule has 7 heteroatoms. The van der Waals surface area contributed by atoms with Crippen molar-refractivity contribution in [3.63, 3.8) is 0 Å². The van der Waals surface area contributed by atoms with Crippen LogP contribution in [0.5, 0.6) is 0 Å². The highest BCUT2D eigenvalue weighted by Crippen LogP contribution is 2.20. The number of hydrogen-bond donors (Lipinski definition) is 1. The maximum atomic E-state index is 12.7. The lowest BCUT2D eigenvalue weighted by molar-refractivity contribution is 0.0577. The minimum atomic E-state index is -0.0840. The largest absolute Gasteiger partial charge is 0.333 e. The van der Waals surface area contributed by atoms with Crippen molar-refractivity contribution in [3.8, 4) is 0 Å². The Morgan fingerprint density at radius 2 is 2.30 bits per heavy atom. The van der Waals surface area contributed by atoms with Gasteiger partial charge >= 0.3 is 0 Å². The summed E-state index contributed by atoms with van der Waals surface area (Å²) in [5, 5.41) is 8.08. The van der Waals surface area contributed by atoms with E-state index >= 15 is 0 Å². The van der Waals surface area contributed by atoms with Crippen LogP contribution in [0, 0.1) is 0 Å². The van der Waals surface area contributed by atoms with Crippen LogP contribution in [-0.2, 0) is 6.54 Å². The average molecular weight is 314 g/mol. The Morgan fingerprint density at radius 1 is 1.43 bits per heavy atom. The SMILES string of the molecule is CC(N)C1CCCCN1C(=O)c1cn(Cc2ccccn2)nn1. The lowest BCUT2D eigenvalue weighted by atomic mass is 9.96. The molecule has 0 spiro atoms. The standard InChI is InChI=1S/C16H22N6O/c1-12(17)15-7-3-5-9-22(15)16(23)14-11-21(20-19-14)10-13-6-2-4-8-18-13/h2,4,6,8,11-12,15H,3,5,7,9-10,17H2,1H3. The molecular weight excluding hydrogens is 292 g/mol. The Kier molecular flexibility index (Phi) is 4.66. The molecule has 2 unspecified atom stereocenters. The van der Waals surface area contributed by atoms with Gasteiger partial charge in [-0.1, -0.05) is 11.3 Å². The number of nitrogens with two attached hydrogens (primary N) is 1. The molecule has 2 aromatic heterocycles. The molecule has 1 aliphatic heterocycles. The van der Waals surface area contributed by atoms with Crippen LogP contribution < -0.4 is 5.73 Å². The minimum Gasteiger partial charge on any atom is -0.333 e. The van der Waals surface area contributed by atoms with Gasteiger partial charge in [-0.15, -0.1) is 5.10 Å². The first-order chi connectivity index (χ1) is 11.1. The monoisotopic (exact) mass is 314 g/mol. The van der Waals surface area contributed by atoms with Gasteiger partial charge < -0.3 is 10.6 Å². The molecule has 0 saturated carbocycles. The zero-order valence-corrected chi connectivity index (χ0v) is 13.3. The molecule has 1 saturated heterocycles. The first-order valence-electron chi connectivity index (χ1n) is 8.02. The summed E-state index contributed by atoms with van der Waals surface area (Å²) in [6, 6.07) is 5.75. The van der Waals surface area contributed by atoms with E-state index in [-0.39, 0.29) is 18.0 Å². The first kappa shape index (κ1) is 15.6. The van der Waals surface area contributed by atoms with Gasteiger partial charge in [0.2, 0.25) is 0 Å². The van der Waals surface area contributed by atoms with Crippen molar-refractivity contribution in [1.29, 1.82) is 0 Å². The van der Waals surface area contributed by atoms with Crippen molar-refractivity contribution in [3.05, 3.63) is 42.0 Å². The van der Waals surface area contributed by atoms with Gasteiger partial charge in [0.25, 0.3) is 5.91 Å². The van der Waals surface area contributed by atoms with Crippen molar-refractivity contribution in [2.45, 2.75) is 44.8 Å². The van der Waals surface area contributed by atoms with E-state index in [0.717, 1.165) is 31.5 Å². The number of rotatable bonds is 4. The molecule has 23 heavy (non-hydrogen) atoms. The molecular formula is C16H22N6O. The summed E-state index contributed by atoms with van der Waals surface area (Å²) in [6.07, 6.45) is 6.49. The van der Waals surface area contributed by atoms with Crippen LogP contribution in [0.15, 0.2) is 30.6 Å². The van der Waals surface area contributed by atoms with Crippen LogP contribution in [0.4, 0.5) is 0 Å². The summed E-state index contributed by atoms with van der Waals surface area (Å²) < 4.78 is 1.64. The fraction of sp³-hybridized carbons (Fsp3) is 0.500. The van der Waals surface area contributed by atoms with Crippen LogP contribution in [-0.4, -0.2) is 49.4 Å². The number of nitrogens with zero attached hydrogens (tertiary/aromatic N) is 5. The highest BCUT2D eigenvalue weighted by atomic mass is 16.2. The van der Waals surface area contributed by atoms with E-state index < -0.39 is 0 Å². The van der Waals surface area contributed by atoms with Crippen LogP contribution in [0.25, 0.3) is 0 Å². The molecule has 0 aromatic carbocycles. The number of amides is 1. The molecule has 2 aromatic rings. The third kappa shape index (κ3) is 3.56. The van der Waals surface area contributed by atoms with E-state index in [2.05, 4.69) is 15.3 Å². The summed E-state index contributed by atoms with van der Waals surface area (Å²) in [4.78, 5) is 18.8. The second kappa shape index (κ2) is 6.87. The number of carbonyl (C=O) groups is 1. The number of hydrogen-bond acceptors (Lipinski definition) is 5. The van der Waals surface area contributed by atoms with Gasteiger partial charge in [-0.05, 0) is 38.3 Å². The van der Waals surface area contributed by atoms with Crippen LogP contribution in [0.2, 0.25) is 0 Å². The smallest absolute Gasteiger partial charge is 0.276 e. The highest BCUT2D eigenvalue weighted by Gasteiger charge is 2.31. The molecule has 7 nitrogen and oxygen atoms in total. The van der Waals surface area contributed by atoms with Crippen LogP contribution in [0.3, 0.4) is 0 Å². The van der Waals surface area contributed by atoms with E-state index in [1.54, 1.807) is 17.1 Å². The Morgan fingerprint density at radius 3 is 3.04 bits per heavy atom. The van der Waals surface area contributed by atoms with E-state index in [1.807, 2.05) is 30.0 Å². The fourth-order valence-electron chi connectivity index (χ4n) is 3.03. The normalized spacial score (nSPS) is 19.6. The Bertz CT molecular complexity index is 654. The maximum Gasteiger partial charge on any atom is 0.276 e. The quantitative estimate of drug-likeness (QED) is 0.911. The summed E-state index contributed by atoms with van der Waals surface area (Å²) in [5.41, 5.74) is 7.28. The van der Waals surface area contributed by atoms with Crippen molar-refractivity contribution >= 4 is 5.91 Å². The molecule has 1 aliphatic rings. The van der Waals surface area contributed by atoms with Gasteiger partial charge in [0, 0.05) is 24.8 Å². The third-order valence-corrected chi connectivity index (χ3v) is 4.22. The minimum absolute atomic E-state index is 0.0391. The Labute approximate surface area is 135 Å². The number of aromatic nitrogens is 4. The van der Waals surface area contributed by atoms with Crippen LogP contribution in [0.1, 0.15) is 42.4 Å². The van der Waals surface area contributed by atoms with E-state index in [9.17, 15) is 4.79 Å². The van der Waals surface area contributed by atoms with Crippen molar-refractivity contribution in [2.24, 2.45) is 5.73 Å². The molecule has 2 atom stereocenters. The Balaban J connectivity index is 1.72. The number of carbonyl (C=O) groups excluding carboxylic acids is 1. The molecule has 3 heterocycles. The molecule has 1 fully saturated rings. The average Bonchev–Trinajstić information content (AvgIpc) is 3.03. The zero-order chi connectivity index (χ0) is 16.2. The summed E-state index contributed by atoms with van der Waals surface area (Å²) >= 11 is 0. The lowest BCUT2D eigenvalue weighted by Gasteiger charge is -2.37. The van der Waals surface area contributed by atoms with Gasteiger partial charge in [0.15, 0.2) is 5.69 Å². The zero-order valence-electron chi connectivity index (χ0n) is 13.3. The van der Waals surface area contributed by atoms with Gasteiger partial charge in [0.1, 0.15) is 0 Å². The van der Waals surface area contributed by atoms with E-state index in [1.165, 1.54) is 0 Å². The van der Waals surface area contributed by atoms with Crippen LogP contribution >= 0.6 is 0 Å². The summed E-state index contributed by atoms with van der Waals surface area (Å²) in [5.74, 6) is -0.0840. The van der Waals surface area contributed by atoms with E-state index in [0.29, 0.717) is 12.2 Å². The molecule has 1 amide bonds. The molecule has 0 radical (unpaired) electrons. The molecule has 0 aliphatic carbocycles. The predicted molar refractivity (Wildman–Crippen MR) is 85.7 cm³/mol. The summed E-state index contributed by atoms with van der Waals surface area (Å²) in [6.45, 7) is 3.18. The van der Waals surface area contributed by atoms with Crippen molar-refractivity contribution in [1.82, 2.24) is 24.9 Å². The summed E-state index contributed by atoms with van der Waals surface area (Å²) in [7, 11) is 0. The second-order valence-electron chi connectivity index (χ2n) is 6.04. The van der Waals surface area contributed by atoms with Crippen molar-refractivity contribution in [2.75, 3.05) is 6.54 Å². The molecule has 122 valence electrons. The molecule has 2 N–H and O–H groups in total. The molecule has 0 bridgehead atoms. The van der Waals surface area contributed by atoms with Gasteiger partial charge in [-0.25, -0.2) is 4.68 Å². The Hall–Kier alpha value is -2.28. The van der Waals surface area contributed by atoms with Gasteiger partial charge in [-0.3, -0.25) is 9.78 Å². The molecule has 3 rings (SSSR count). The number of likely N-dealkylation sites (tertiary alicyclic amines) is 1. The number of piperidine rings is 1.